The third-order valence-electron chi connectivity index (χ3n) is 8.89. The summed E-state index contributed by atoms with van der Waals surface area (Å²) < 4.78 is 32.7. The number of hydrogen-bond donors (Lipinski definition) is 3. The van der Waals surface area contributed by atoms with Crippen LogP contribution in [0.3, 0.4) is 0 Å². The lowest BCUT2D eigenvalue weighted by Crippen LogP contribution is -2.29. The second kappa shape index (κ2) is 40.9. The molecule has 0 aromatic heterocycles. The molecule has 0 amide bonds. The van der Waals surface area contributed by atoms with Crippen LogP contribution in [-0.4, -0.2) is 65.7 Å². The lowest BCUT2D eigenvalue weighted by Gasteiger charge is -2.20. The highest BCUT2D eigenvalue weighted by atomic mass is 31.2. The molecule has 56 heavy (non-hydrogen) atoms. The van der Waals surface area contributed by atoms with Crippen LogP contribution in [0.25, 0.3) is 0 Å². The molecule has 0 saturated carbocycles. The maximum absolute atomic E-state index is 12.6. The number of aliphatic hydroxyl groups is 2. The van der Waals surface area contributed by atoms with E-state index in [0.29, 0.717) is 12.8 Å². The number of aliphatic hydroxyl groups excluding tert-OH is 2. The Morgan fingerprint density at radius 3 is 1.46 bits per heavy atom. The van der Waals surface area contributed by atoms with E-state index in [9.17, 15) is 24.2 Å². The van der Waals surface area contributed by atoms with E-state index in [4.69, 9.17) is 19.1 Å². The molecular formula is C45H79O10P. The van der Waals surface area contributed by atoms with Crippen molar-refractivity contribution in [3.8, 4) is 0 Å². The molecule has 0 radical (unpaired) electrons. The minimum absolute atomic E-state index is 0.164. The van der Waals surface area contributed by atoms with Gasteiger partial charge in [0.2, 0.25) is 0 Å². The Kier molecular flexibility index (Phi) is 39.2. The summed E-state index contributed by atoms with van der Waals surface area (Å²) in [4.78, 5) is 35.0. The zero-order valence-corrected chi connectivity index (χ0v) is 36.0. The fourth-order valence-electron chi connectivity index (χ4n) is 5.50. The normalized spacial score (nSPS) is 14.4. The van der Waals surface area contributed by atoms with Gasteiger partial charge in [0.1, 0.15) is 12.7 Å². The van der Waals surface area contributed by atoms with Gasteiger partial charge in [0.05, 0.1) is 19.8 Å². The number of esters is 2. The first-order valence-corrected chi connectivity index (χ1v) is 23.2. The highest BCUT2D eigenvalue weighted by Gasteiger charge is 2.27. The molecule has 0 fully saturated rings. The monoisotopic (exact) mass is 811 g/mol. The van der Waals surface area contributed by atoms with E-state index in [1.807, 2.05) is 0 Å². The van der Waals surface area contributed by atoms with E-state index in [2.05, 4.69) is 79.1 Å². The van der Waals surface area contributed by atoms with Crippen molar-refractivity contribution in [2.24, 2.45) is 0 Å². The van der Waals surface area contributed by atoms with E-state index in [0.717, 1.165) is 77.0 Å². The highest BCUT2D eigenvalue weighted by Crippen LogP contribution is 2.43. The zero-order chi connectivity index (χ0) is 41.2. The summed E-state index contributed by atoms with van der Waals surface area (Å²) in [6.07, 6.45) is 44.7. The summed E-state index contributed by atoms with van der Waals surface area (Å²) >= 11 is 0. The van der Waals surface area contributed by atoms with Crippen LogP contribution in [0.2, 0.25) is 0 Å². The van der Waals surface area contributed by atoms with E-state index >= 15 is 0 Å². The molecule has 3 N–H and O–H groups in total. The van der Waals surface area contributed by atoms with Gasteiger partial charge in [-0.25, -0.2) is 4.57 Å². The number of carbonyl (C=O) groups is 2. The van der Waals surface area contributed by atoms with Gasteiger partial charge >= 0.3 is 19.8 Å². The van der Waals surface area contributed by atoms with Crippen molar-refractivity contribution < 1.29 is 47.8 Å². The summed E-state index contributed by atoms with van der Waals surface area (Å²) in [5.41, 5.74) is 0. The van der Waals surface area contributed by atoms with Gasteiger partial charge < -0.3 is 24.6 Å². The predicted molar refractivity (Wildman–Crippen MR) is 228 cm³/mol. The third kappa shape index (κ3) is 39.9. The second-order valence-electron chi connectivity index (χ2n) is 14.4. The van der Waals surface area contributed by atoms with E-state index in [1.165, 1.54) is 57.8 Å². The molecule has 0 aromatic carbocycles. The quantitative estimate of drug-likeness (QED) is 0.0236. The molecule has 11 heteroatoms. The molecule has 0 aliphatic rings. The van der Waals surface area contributed by atoms with Gasteiger partial charge in [0, 0.05) is 12.8 Å². The summed E-state index contributed by atoms with van der Waals surface area (Å²) in [6, 6.07) is 0. The van der Waals surface area contributed by atoms with Gasteiger partial charge in [-0.15, -0.1) is 0 Å². The van der Waals surface area contributed by atoms with Crippen molar-refractivity contribution >= 4 is 19.8 Å². The molecular weight excluding hydrogens is 731 g/mol. The molecule has 0 aromatic rings. The maximum atomic E-state index is 12.6. The molecule has 0 saturated heterocycles. The van der Waals surface area contributed by atoms with E-state index in [1.54, 1.807) is 0 Å². The lowest BCUT2D eigenvalue weighted by molar-refractivity contribution is -0.161. The number of rotatable bonds is 40. The van der Waals surface area contributed by atoms with Crippen molar-refractivity contribution in [3.05, 3.63) is 60.8 Å². The smallest absolute Gasteiger partial charge is 0.462 e. The first-order chi connectivity index (χ1) is 27.2. The van der Waals surface area contributed by atoms with Gasteiger partial charge in [0.15, 0.2) is 6.10 Å². The maximum Gasteiger partial charge on any atom is 0.472 e. The molecule has 0 bridgehead atoms. The Balaban J connectivity index is 4.37. The number of unbranched alkanes of at least 4 members (excludes halogenated alkanes) is 16. The average molecular weight is 811 g/mol. The fraction of sp³-hybridized carbons (Fsp3) is 0.733. The number of phosphoric acid groups is 1. The standard InChI is InChI=1S/C45H79O10P/c1-3-5-7-9-11-13-15-17-19-20-21-22-23-25-26-28-30-32-34-36-44(48)52-40-43(41-54-56(50,51)53-39-42(47)38-46)55-45(49)37-35-33-31-29-27-24-18-16-14-12-10-8-6-4-2/h11,13,16-19,21-22,25-26,42-43,46-47H,3-10,12,14-15,20,23-24,27-41H2,1-2H3,(H,50,51)/b13-11+,18-16+,19-17+,22-21+,26-25+/t42-,43+/m1/s1. The summed E-state index contributed by atoms with van der Waals surface area (Å²) in [5, 5.41) is 18.3. The molecule has 0 rings (SSSR count). The van der Waals surface area contributed by atoms with Gasteiger partial charge in [-0.3, -0.25) is 18.6 Å². The van der Waals surface area contributed by atoms with Crippen molar-refractivity contribution in [1.29, 1.82) is 0 Å². The fourth-order valence-corrected chi connectivity index (χ4v) is 6.29. The topological polar surface area (TPSA) is 149 Å². The van der Waals surface area contributed by atoms with E-state index < -0.39 is 51.8 Å². The van der Waals surface area contributed by atoms with Crippen LogP contribution in [0.5, 0.6) is 0 Å². The average Bonchev–Trinajstić information content (AvgIpc) is 3.19. The zero-order valence-electron chi connectivity index (χ0n) is 35.1. The summed E-state index contributed by atoms with van der Waals surface area (Å²) in [7, 11) is -4.63. The van der Waals surface area contributed by atoms with Crippen LogP contribution in [0.15, 0.2) is 60.8 Å². The van der Waals surface area contributed by atoms with E-state index in [-0.39, 0.29) is 19.4 Å². The number of allylic oxidation sites excluding steroid dienone is 10. The van der Waals surface area contributed by atoms with Gasteiger partial charge in [-0.05, 0) is 83.5 Å². The molecule has 0 aliphatic carbocycles. The minimum atomic E-state index is -4.63. The van der Waals surface area contributed by atoms with Gasteiger partial charge in [-0.1, -0.05) is 139 Å². The first-order valence-electron chi connectivity index (χ1n) is 21.7. The molecule has 1 unspecified atom stereocenters. The molecule has 3 atom stereocenters. The van der Waals surface area contributed by atoms with Crippen LogP contribution in [0, 0.1) is 0 Å². The van der Waals surface area contributed by atoms with Gasteiger partial charge in [0.25, 0.3) is 0 Å². The van der Waals surface area contributed by atoms with Crippen molar-refractivity contribution in [2.45, 2.75) is 187 Å². The Bertz CT molecular complexity index is 1120. The number of phosphoric ester groups is 1. The van der Waals surface area contributed by atoms with Crippen LogP contribution in [-0.2, 0) is 32.7 Å². The SMILES string of the molecule is CCCCC/C=C/C/C=C/C/C=C/C/C=C/CCCCCC(=O)OC[C@@H](COP(=O)(O)OC[C@H](O)CO)OC(=O)CCCCCCC/C=C/CCCCCCC. The molecule has 324 valence electrons. The van der Waals surface area contributed by atoms with Crippen LogP contribution >= 0.6 is 7.82 Å². The second-order valence-corrected chi connectivity index (χ2v) is 15.8. The Morgan fingerprint density at radius 1 is 0.536 bits per heavy atom. The molecule has 10 nitrogen and oxygen atoms in total. The lowest BCUT2D eigenvalue weighted by atomic mass is 10.1. The molecule has 0 aliphatic heterocycles. The van der Waals surface area contributed by atoms with Crippen molar-refractivity contribution in [2.75, 3.05) is 26.4 Å². The Hall–Kier alpha value is -2.33. The number of hydrogen-bond acceptors (Lipinski definition) is 9. The number of ether oxygens (including phenoxy) is 2. The predicted octanol–water partition coefficient (Wildman–Crippen LogP) is 11.5. The Morgan fingerprint density at radius 2 is 0.929 bits per heavy atom. The minimum Gasteiger partial charge on any atom is -0.462 e. The third-order valence-corrected chi connectivity index (χ3v) is 9.85. The molecule has 0 spiro atoms. The highest BCUT2D eigenvalue weighted by molar-refractivity contribution is 7.47. The number of carbonyl (C=O) groups excluding carboxylic acids is 2. The van der Waals surface area contributed by atoms with Crippen LogP contribution in [0.4, 0.5) is 0 Å². The van der Waals surface area contributed by atoms with Crippen LogP contribution in [0.1, 0.15) is 174 Å². The first kappa shape index (κ1) is 53.7. The summed E-state index contributed by atoms with van der Waals surface area (Å²) in [6.45, 7) is 2.29. The van der Waals surface area contributed by atoms with Crippen molar-refractivity contribution in [1.82, 2.24) is 0 Å². The molecule has 0 heterocycles. The largest absolute Gasteiger partial charge is 0.472 e. The summed E-state index contributed by atoms with van der Waals surface area (Å²) in [5.74, 6) is -0.974. The van der Waals surface area contributed by atoms with Gasteiger partial charge in [-0.2, -0.15) is 0 Å². The van der Waals surface area contributed by atoms with Crippen molar-refractivity contribution in [3.63, 3.8) is 0 Å². The van der Waals surface area contributed by atoms with Crippen LogP contribution < -0.4 is 0 Å². The Labute approximate surface area is 340 Å².